The molecule has 2 aromatic heterocycles. The van der Waals surface area contributed by atoms with Crippen LogP contribution in [0.5, 0.6) is 0 Å². The topological polar surface area (TPSA) is 24.9 Å². The van der Waals surface area contributed by atoms with Crippen molar-refractivity contribution in [2.24, 2.45) is 0 Å². The highest BCUT2D eigenvalue weighted by Crippen LogP contribution is 2.28. The fraction of sp³-hybridized carbons (Fsp3) is 0.462. The van der Waals surface area contributed by atoms with Crippen molar-refractivity contribution in [3.63, 3.8) is 0 Å². The smallest absolute Gasteiger partial charge is 0.0947 e. The third kappa shape index (κ3) is 2.94. The summed E-state index contributed by atoms with van der Waals surface area (Å²) in [5.74, 6) is 0. The Morgan fingerprint density at radius 2 is 2.24 bits per heavy atom. The first-order valence-corrected chi connectivity index (χ1v) is 7.65. The van der Waals surface area contributed by atoms with Gasteiger partial charge in [0.15, 0.2) is 0 Å². The molecule has 2 nitrogen and oxygen atoms in total. The minimum absolute atomic E-state index is 0.399. The van der Waals surface area contributed by atoms with Gasteiger partial charge >= 0.3 is 0 Å². The summed E-state index contributed by atoms with van der Waals surface area (Å²) in [5.41, 5.74) is 2.59. The van der Waals surface area contributed by atoms with Crippen LogP contribution in [-0.2, 0) is 12.8 Å². The van der Waals surface area contributed by atoms with E-state index in [1.807, 2.05) is 18.4 Å². The van der Waals surface area contributed by atoms with Crippen molar-refractivity contribution in [1.29, 1.82) is 0 Å². The van der Waals surface area contributed by atoms with Gasteiger partial charge in [-0.2, -0.15) is 0 Å². The van der Waals surface area contributed by atoms with Gasteiger partial charge in [-0.1, -0.05) is 6.92 Å². The fourth-order valence-electron chi connectivity index (χ4n) is 1.94. The summed E-state index contributed by atoms with van der Waals surface area (Å²) in [7, 11) is 2.03. The second kappa shape index (κ2) is 5.76. The number of rotatable bonds is 5. The summed E-state index contributed by atoms with van der Waals surface area (Å²) in [6.07, 6.45) is 2.09. The molecule has 17 heavy (non-hydrogen) atoms. The molecule has 0 aromatic carbocycles. The molecule has 0 amide bonds. The molecule has 4 heteroatoms. The highest BCUT2D eigenvalue weighted by Gasteiger charge is 2.16. The number of aromatic nitrogens is 1. The molecule has 1 atom stereocenters. The molecular formula is C13H18N2S2. The minimum atomic E-state index is 0.399. The zero-order valence-corrected chi connectivity index (χ0v) is 12.1. The number of thiophene rings is 1. The van der Waals surface area contributed by atoms with Gasteiger partial charge < -0.3 is 5.32 Å². The van der Waals surface area contributed by atoms with Crippen LogP contribution >= 0.6 is 22.7 Å². The van der Waals surface area contributed by atoms with Gasteiger partial charge in [-0.15, -0.1) is 22.7 Å². The van der Waals surface area contributed by atoms with Crippen molar-refractivity contribution < 1.29 is 0 Å². The minimum Gasteiger partial charge on any atom is -0.312 e. The van der Waals surface area contributed by atoms with E-state index in [4.69, 9.17) is 0 Å². The average Bonchev–Trinajstić information content (AvgIpc) is 2.94. The number of aryl methyl sites for hydroxylation is 2. The Labute approximate surface area is 111 Å². The highest BCUT2D eigenvalue weighted by molar-refractivity contribution is 7.10. The van der Waals surface area contributed by atoms with E-state index in [1.54, 1.807) is 11.3 Å². The van der Waals surface area contributed by atoms with Crippen molar-refractivity contribution in [2.75, 3.05) is 7.05 Å². The van der Waals surface area contributed by atoms with Crippen LogP contribution < -0.4 is 5.32 Å². The Balaban J connectivity index is 2.16. The number of nitrogens with one attached hydrogen (secondary N) is 1. The van der Waals surface area contributed by atoms with Gasteiger partial charge in [0, 0.05) is 28.4 Å². The van der Waals surface area contributed by atoms with E-state index >= 15 is 0 Å². The molecule has 1 N–H and O–H groups in total. The zero-order valence-electron chi connectivity index (χ0n) is 10.5. The number of hydrogen-bond acceptors (Lipinski definition) is 4. The van der Waals surface area contributed by atoms with E-state index in [0.717, 1.165) is 18.5 Å². The van der Waals surface area contributed by atoms with E-state index in [0.29, 0.717) is 6.04 Å². The standard InChI is InChI=1S/C13H18N2S2/c1-4-10-5-6-16-13(10)11(14-3)7-12-15-9(2)8-17-12/h5-6,8,11,14H,4,7H2,1-3H3. The van der Waals surface area contributed by atoms with E-state index in [-0.39, 0.29) is 0 Å². The predicted molar refractivity (Wildman–Crippen MR) is 76.1 cm³/mol. The lowest BCUT2D eigenvalue weighted by Gasteiger charge is -2.15. The van der Waals surface area contributed by atoms with Crippen molar-refractivity contribution in [3.8, 4) is 0 Å². The zero-order chi connectivity index (χ0) is 12.3. The summed E-state index contributed by atoms with van der Waals surface area (Å²) in [5, 5.41) is 8.94. The third-order valence-electron chi connectivity index (χ3n) is 2.87. The van der Waals surface area contributed by atoms with Crippen LogP contribution in [0.25, 0.3) is 0 Å². The van der Waals surface area contributed by atoms with Crippen LogP contribution in [0.3, 0.4) is 0 Å². The van der Waals surface area contributed by atoms with Crippen molar-refractivity contribution in [3.05, 3.63) is 38.0 Å². The van der Waals surface area contributed by atoms with Gasteiger partial charge in [-0.05, 0) is 37.4 Å². The maximum absolute atomic E-state index is 4.55. The Morgan fingerprint density at radius 3 is 2.82 bits per heavy atom. The lowest BCUT2D eigenvalue weighted by atomic mass is 10.1. The molecule has 92 valence electrons. The lowest BCUT2D eigenvalue weighted by Crippen LogP contribution is -2.18. The second-order valence-corrected chi connectivity index (χ2v) is 5.98. The number of likely N-dealkylation sites (N-methyl/N-ethyl adjacent to an activating group) is 1. The third-order valence-corrected chi connectivity index (χ3v) is 4.93. The van der Waals surface area contributed by atoms with Crippen molar-refractivity contribution in [2.45, 2.75) is 32.7 Å². The Morgan fingerprint density at radius 1 is 1.41 bits per heavy atom. The van der Waals surface area contributed by atoms with Gasteiger partial charge in [0.05, 0.1) is 5.01 Å². The quantitative estimate of drug-likeness (QED) is 0.895. The van der Waals surface area contributed by atoms with Crippen LogP contribution in [-0.4, -0.2) is 12.0 Å². The van der Waals surface area contributed by atoms with Crippen LogP contribution in [0.4, 0.5) is 0 Å². The molecule has 0 aliphatic heterocycles. The van der Waals surface area contributed by atoms with Crippen LogP contribution in [0.1, 0.15) is 34.1 Å². The molecule has 0 aliphatic rings. The van der Waals surface area contributed by atoms with E-state index < -0.39 is 0 Å². The maximum atomic E-state index is 4.55. The number of thiazole rings is 1. The van der Waals surface area contributed by atoms with Crippen molar-refractivity contribution >= 4 is 22.7 Å². The van der Waals surface area contributed by atoms with E-state index in [1.165, 1.54) is 15.4 Å². The summed E-state index contributed by atoms with van der Waals surface area (Å²) >= 11 is 3.60. The second-order valence-electron chi connectivity index (χ2n) is 4.09. The Kier molecular flexibility index (Phi) is 4.31. The first-order valence-electron chi connectivity index (χ1n) is 5.89. The molecule has 0 fully saturated rings. The summed E-state index contributed by atoms with van der Waals surface area (Å²) in [4.78, 5) is 6.01. The molecule has 0 bridgehead atoms. The van der Waals surface area contributed by atoms with Gasteiger partial charge in [0.2, 0.25) is 0 Å². The highest BCUT2D eigenvalue weighted by atomic mass is 32.1. The molecule has 0 saturated carbocycles. The first-order chi connectivity index (χ1) is 8.24. The molecule has 1 unspecified atom stereocenters. The summed E-state index contributed by atoms with van der Waals surface area (Å²) < 4.78 is 0. The summed E-state index contributed by atoms with van der Waals surface area (Å²) in [6.45, 7) is 4.27. The van der Waals surface area contributed by atoms with Crippen molar-refractivity contribution in [1.82, 2.24) is 10.3 Å². The predicted octanol–water partition coefficient (Wildman–Crippen LogP) is 3.58. The van der Waals surface area contributed by atoms with Crippen LogP contribution in [0.2, 0.25) is 0 Å². The van der Waals surface area contributed by atoms with E-state index in [9.17, 15) is 0 Å². The molecule has 2 rings (SSSR count). The van der Waals surface area contributed by atoms with E-state index in [2.05, 4.69) is 41.0 Å². The van der Waals surface area contributed by atoms with Gasteiger partial charge in [0.1, 0.15) is 0 Å². The number of hydrogen-bond donors (Lipinski definition) is 1. The Hall–Kier alpha value is -0.710. The molecule has 0 spiro atoms. The maximum Gasteiger partial charge on any atom is 0.0947 e. The monoisotopic (exact) mass is 266 g/mol. The SMILES string of the molecule is CCc1ccsc1C(Cc1nc(C)cs1)NC. The average molecular weight is 266 g/mol. The molecule has 0 aliphatic carbocycles. The molecule has 2 aromatic rings. The molecule has 2 heterocycles. The molecule has 0 saturated heterocycles. The van der Waals surface area contributed by atoms with Crippen LogP contribution in [0, 0.1) is 6.92 Å². The first kappa shape index (κ1) is 12.7. The lowest BCUT2D eigenvalue weighted by molar-refractivity contribution is 0.595. The molecule has 0 radical (unpaired) electrons. The molecular weight excluding hydrogens is 248 g/mol. The Bertz CT molecular complexity index is 473. The normalized spacial score (nSPS) is 12.9. The number of nitrogens with zero attached hydrogens (tertiary/aromatic N) is 1. The van der Waals surface area contributed by atoms with Gasteiger partial charge in [-0.3, -0.25) is 0 Å². The fourth-order valence-corrected chi connectivity index (χ4v) is 3.87. The van der Waals surface area contributed by atoms with Gasteiger partial charge in [-0.25, -0.2) is 4.98 Å². The van der Waals surface area contributed by atoms with Gasteiger partial charge in [0.25, 0.3) is 0 Å². The largest absolute Gasteiger partial charge is 0.312 e. The summed E-state index contributed by atoms with van der Waals surface area (Å²) in [6, 6.07) is 2.63. The van der Waals surface area contributed by atoms with Crippen LogP contribution in [0.15, 0.2) is 16.8 Å².